The van der Waals surface area contributed by atoms with E-state index in [1.54, 1.807) is 6.07 Å². The van der Waals surface area contributed by atoms with Gasteiger partial charge in [0.05, 0.1) is 4.92 Å². The van der Waals surface area contributed by atoms with E-state index in [-0.39, 0.29) is 10.6 Å². The van der Waals surface area contributed by atoms with Gasteiger partial charge in [-0.3, -0.25) is 10.1 Å². The van der Waals surface area contributed by atoms with Crippen molar-refractivity contribution in [1.82, 2.24) is 0 Å². The van der Waals surface area contributed by atoms with Crippen LogP contribution in [0.25, 0.3) is 0 Å². The van der Waals surface area contributed by atoms with Crippen LogP contribution in [0.5, 0.6) is 0 Å². The molecule has 0 aromatic heterocycles. The molecule has 1 fully saturated rings. The summed E-state index contributed by atoms with van der Waals surface area (Å²) in [6.45, 7) is 1.89. The van der Waals surface area contributed by atoms with Crippen LogP contribution < -0.4 is 4.90 Å². The van der Waals surface area contributed by atoms with Gasteiger partial charge >= 0.3 is 0 Å². The van der Waals surface area contributed by atoms with E-state index < -0.39 is 0 Å². The van der Waals surface area contributed by atoms with E-state index in [0.29, 0.717) is 6.04 Å². The first-order valence-corrected chi connectivity index (χ1v) is 6.57. The third-order valence-electron chi connectivity index (χ3n) is 3.83. The highest BCUT2D eigenvalue weighted by atomic mass is 16.6. The summed E-state index contributed by atoms with van der Waals surface area (Å²) in [4.78, 5) is 13.0. The molecular formula is C14H20N2O2. The second-order valence-electron chi connectivity index (χ2n) is 5.15. The van der Waals surface area contributed by atoms with Crippen LogP contribution in [0.15, 0.2) is 18.2 Å². The first-order valence-electron chi connectivity index (χ1n) is 6.57. The maximum Gasteiger partial charge on any atom is 0.292 e. The first kappa shape index (κ1) is 12.9. The Morgan fingerprint density at radius 3 is 2.56 bits per heavy atom. The molecule has 0 bridgehead atoms. The molecule has 0 N–H and O–H groups in total. The van der Waals surface area contributed by atoms with E-state index in [1.807, 2.05) is 26.1 Å². The number of anilines is 1. The van der Waals surface area contributed by atoms with E-state index in [1.165, 1.54) is 19.3 Å². The molecule has 0 unspecified atom stereocenters. The number of nitrogens with zero attached hydrogens (tertiary/aromatic N) is 2. The minimum Gasteiger partial charge on any atom is -0.366 e. The Bertz CT molecular complexity index is 439. The molecule has 0 saturated heterocycles. The summed E-state index contributed by atoms with van der Waals surface area (Å²) >= 11 is 0. The SMILES string of the molecule is Cc1ccc(N(C)C2CCCCC2)c([N+](=O)[O-])c1. The summed E-state index contributed by atoms with van der Waals surface area (Å²) < 4.78 is 0. The lowest BCUT2D eigenvalue weighted by molar-refractivity contribution is -0.384. The standard InChI is InChI=1S/C14H20N2O2/c1-11-8-9-13(14(10-11)16(17)18)15(2)12-6-4-3-5-7-12/h8-10,12H,3-7H2,1-2H3. The van der Waals surface area contributed by atoms with Crippen molar-refractivity contribution < 1.29 is 4.92 Å². The fraction of sp³-hybridized carbons (Fsp3) is 0.571. The minimum absolute atomic E-state index is 0.225. The highest BCUT2D eigenvalue weighted by Crippen LogP contribution is 2.33. The molecule has 18 heavy (non-hydrogen) atoms. The van der Waals surface area contributed by atoms with Crippen molar-refractivity contribution in [1.29, 1.82) is 0 Å². The molecule has 0 atom stereocenters. The topological polar surface area (TPSA) is 46.4 Å². The Labute approximate surface area is 108 Å². The van der Waals surface area contributed by atoms with Crippen molar-refractivity contribution in [3.8, 4) is 0 Å². The molecule has 0 heterocycles. The van der Waals surface area contributed by atoms with Crippen LogP contribution in [0, 0.1) is 17.0 Å². The Balaban J connectivity index is 2.28. The minimum atomic E-state index is -0.276. The van der Waals surface area contributed by atoms with Crippen LogP contribution >= 0.6 is 0 Å². The molecule has 1 saturated carbocycles. The first-order chi connectivity index (χ1) is 8.59. The molecule has 0 aliphatic heterocycles. The van der Waals surface area contributed by atoms with E-state index in [2.05, 4.69) is 4.90 Å². The predicted molar refractivity (Wildman–Crippen MR) is 73.1 cm³/mol. The quantitative estimate of drug-likeness (QED) is 0.605. The van der Waals surface area contributed by atoms with Gasteiger partial charge in [-0.25, -0.2) is 0 Å². The second-order valence-corrected chi connectivity index (χ2v) is 5.15. The van der Waals surface area contributed by atoms with Gasteiger partial charge in [0.15, 0.2) is 0 Å². The molecule has 0 radical (unpaired) electrons. The summed E-state index contributed by atoms with van der Waals surface area (Å²) in [5.74, 6) is 0. The summed E-state index contributed by atoms with van der Waals surface area (Å²) in [6.07, 6.45) is 6.03. The van der Waals surface area contributed by atoms with Gasteiger partial charge in [0.1, 0.15) is 5.69 Å². The van der Waals surface area contributed by atoms with Gasteiger partial charge < -0.3 is 4.90 Å². The van der Waals surface area contributed by atoms with Crippen molar-refractivity contribution in [3.05, 3.63) is 33.9 Å². The monoisotopic (exact) mass is 248 g/mol. The largest absolute Gasteiger partial charge is 0.366 e. The average Bonchev–Trinajstić information content (AvgIpc) is 2.39. The van der Waals surface area contributed by atoms with Gasteiger partial charge in [-0.2, -0.15) is 0 Å². The molecule has 1 aliphatic rings. The molecule has 1 aromatic carbocycles. The Morgan fingerprint density at radius 2 is 1.94 bits per heavy atom. The molecule has 0 amide bonds. The molecule has 98 valence electrons. The summed E-state index contributed by atoms with van der Waals surface area (Å²) in [7, 11) is 1.98. The maximum atomic E-state index is 11.1. The Kier molecular flexibility index (Phi) is 3.84. The number of aryl methyl sites for hydroxylation is 1. The number of rotatable bonds is 3. The second kappa shape index (κ2) is 5.38. The molecule has 1 aliphatic carbocycles. The number of hydrogen-bond donors (Lipinski definition) is 0. The van der Waals surface area contributed by atoms with E-state index in [4.69, 9.17) is 0 Å². The summed E-state index contributed by atoms with van der Waals surface area (Å²) in [6, 6.07) is 5.93. The Hall–Kier alpha value is -1.58. The van der Waals surface area contributed by atoms with Crippen molar-refractivity contribution in [2.75, 3.05) is 11.9 Å². The summed E-state index contributed by atoms with van der Waals surface area (Å²) in [5.41, 5.74) is 1.91. The van der Waals surface area contributed by atoms with Crippen LogP contribution in [0.3, 0.4) is 0 Å². The number of nitro benzene ring substituents is 1. The van der Waals surface area contributed by atoms with Crippen molar-refractivity contribution in [2.24, 2.45) is 0 Å². The molecule has 2 rings (SSSR count). The molecule has 4 nitrogen and oxygen atoms in total. The van der Waals surface area contributed by atoms with Gasteiger partial charge in [-0.05, 0) is 31.4 Å². The van der Waals surface area contributed by atoms with Crippen LogP contribution in [-0.4, -0.2) is 18.0 Å². The third-order valence-corrected chi connectivity index (χ3v) is 3.83. The van der Waals surface area contributed by atoms with Gasteiger partial charge in [-0.15, -0.1) is 0 Å². The zero-order chi connectivity index (χ0) is 13.1. The number of benzene rings is 1. The molecule has 4 heteroatoms. The van der Waals surface area contributed by atoms with Crippen LogP contribution in [0.1, 0.15) is 37.7 Å². The molecule has 0 spiro atoms. The van der Waals surface area contributed by atoms with Gasteiger partial charge in [0, 0.05) is 19.2 Å². The zero-order valence-corrected chi connectivity index (χ0v) is 11.1. The van der Waals surface area contributed by atoms with Gasteiger partial charge in [-0.1, -0.05) is 25.3 Å². The van der Waals surface area contributed by atoms with Crippen molar-refractivity contribution in [3.63, 3.8) is 0 Å². The number of hydrogen-bond acceptors (Lipinski definition) is 3. The predicted octanol–water partition coefficient (Wildman–Crippen LogP) is 3.67. The zero-order valence-electron chi connectivity index (χ0n) is 11.1. The average molecular weight is 248 g/mol. The van der Waals surface area contributed by atoms with E-state index in [9.17, 15) is 10.1 Å². The smallest absolute Gasteiger partial charge is 0.292 e. The van der Waals surface area contributed by atoms with Crippen LogP contribution in [-0.2, 0) is 0 Å². The van der Waals surface area contributed by atoms with Gasteiger partial charge in [0.25, 0.3) is 5.69 Å². The fourth-order valence-corrected chi connectivity index (χ4v) is 2.74. The molecular weight excluding hydrogens is 228 g/mol. The van der Waals surface area contributed by atoms with Crippen LogP contribution in [0.4, 0.5) is 11.4 Å². The maximum absolute atomic E-state index is 11.1. The van der Waals surface area contributed by atoms with Crippen LogP contribution in [0.2, 0.25) is 0 Å². The van der Waals surface area contributed by atoms with E-state index in [0.717, 1.165) is 24.1 Å². The molecule has 1 aromatic rings. The third kappa shape index (κ3) is 2.63. The highest BCUT2D eigenvalue weighted by molar-refractivity contribution is 5.64. The van der Waals surface area contributed by atoms with Crippen molar-refractivity contribution in [2.45, 2.75) is 45.1 Å². The fourth-order valence-electron chi connectivity index (χ4n) is 2.74. The van der Waals surface area contributed by atoms with E-state index >= 15 is 0 Å². The normalized spacial score (nSPS) is 16.6. The number of nitro groups is 1. The lowest BCUT2D eigenvalue weighted by Crippen LogP contribution is -2.33. The lowest BCUT2D eigenvalue weighted by atomic mass is 9.94. The lowest BCUT2D eigenvalue weighted by Gasteiger charge is -2.32. The highest BCUT2D eigenvalue weighted by Gasteiger charge is 2.24. The Morgan fingerprint density at radius 1 is 1.28 bits per heavy atom. The summed E-state index contributed by atoms with van der Waals surface area (Å²) in [5, 5.41) is 11.1. The van der Waals surface area contributed by atoms with Crippen molar-refractivity contribution >= 4 is 11.4 Å². The van der Waals surface area contributed by atoms with Gasteiger partial charge in [0.2, 0.25) is 0 Å².